The number of ether oxygens (including phenoxy) is 2. The number of thioether (sulfide) groups is 1. The summed E-state index contributed by atoms with van der Waals surface area (Å²) in [6.07, 6.45) is 1.37. The van der Waals surface area contributed by atoms with Gasteiger partial charge in [-0.3, -0.25) is 4.90 Å². The van der Waals surface area contributed by atoms with E-state index in [-0.39, 0.29) is 18.3 Å². The van der Waals surface area contributed by atoms with Crippen molar-refractivity contribution in [2.45, 2.75) is 64.1 Å². The van der Waals surface area contributed by atoms with Crippen molar-refractivity contribution in [1.29, 1.82) is 0 Å². The molecule has 0 radical (unpaired) electrons. The van der Waals surface area contributed by atoms with Gasteiger partial charge in [-0.1, -0.05) is 19.8 Å². The van der Waals surface area contributed by atoms with Gasteiger partial charge in [0.1, 0.15) is 11.6 Å². The molecule has 0 saturated heterocycles. The molecule has 142 valence electrons. The minimum Gasteiger partial charge on any atom is -0.467 e. The summed E-state index contributed by atoms with van der Waals surface area (Å²) in [5.41, 5.74) is -5.33. The highest BCUT2D eigenvalue weighted by Gasteiger charge is 2.37. The molecule has 0 fully saturated rings. The predicted molar refractivity (Wildman–Crippen MR) is 86.8 cm³/mol. The Bertz CT molecular complexity index is 411. The number of nitrogens with zero attached hydrogens (tertiary/aromatic N) is 1. The minimum atomic E-state index is -4.50. The van der Waals surface area contributed by atoms with Gasteiger partial charge < -0.3 is 9.47 Å². The van der Waals surface area contributed by atoms with Crippen LogP contribution in [-0.2, 0) is 14.3 Å². The summed E-state index contributed by atoms with van der Waals surface area (Å²) in [6.45, 7) is 7.02. The Morgan fingerprint density at radius 3 is 2.17 bits per heavy atom. The maximum absolute atomic E-state index is 12.5. The zero-order valence-corrected chi connectivity index (χ0v) is 15.6. The van der Waals surface area contributed by atoms with Gasteiger partial charge in [-0.2, -0.15) is 13.2 Å². The lowest BCUT2D eigenvalue weighted by Crippen LogP contribution is -2.49. The Kier molecular flexibility index (Phi) is 9.54. The van der Waals surface area contributed by atoms with Crippen LogP contribution in [0.4, 0.5) is 18.0 Å². The Balaban J connectivity index is 5.29. The molecule has 0 rings (SSSR count). The summed E-state index contributed by atoms with van der Waals surface area (Å²) in [5.74, 6) is -1.53. The molecule has 0 aromatic rings. The maximum atomic E-state index is 12.5. The summed E-state index contributed by atoms with van der Waals surface area (Å²) in [4.78, 5) is 25.3. The first-order valence-electron chi connectivity index (χ1n) is 7.69. The first-order chi connectivity index (χ1) is 10.9. The number of hydrogen-bond donors (Lipinski definition) is 0. The van der Waals surface area contributed by atoms with E-state index in [1.807, 2.05) is 6.92 Å². The zero-order chi connectivity index (χ0) is 19.0. The Hall–Kier alpha value is -1.12. The fourth-order valence-corrected chi connectivity index (χ4v) is 2.48. The van der Waals surface area contributed by atoms with Crippen LogP contribution in [0.25, 0.3) is 0 Å². The molecule has 0 aromatic carbocycles. The fraction of sp³-hybridized carbons (Fsp3) is 0.867. The van der Waals surface area contributed by atoms with Crippen LogP contribution >= 0.6 is 11.8 Å². The van der Waals surface area contributed by atoms with E-state index in [0.29, 0.717) is 6.42 Å². The topological polar surface area (TPSA) is 55.8 Å². The fourth-order valence-electron chi connectivity index (χ4n) is 1.82. The first kappa shape index (κ1) is 22.9. The van der Waals surface area contributed by atoms with E-state index in [1.54, 1.807) is 20.8 Å². The van der Waals surface area contributed by atoms with Crippen LogP contribution in [0.1, 0.15) is 47.0 Å². The molecule has 0 spiro atoms. The predicted octanol–water partition coefficient (Wildman–Crippen LogP) is 4.21. The van der Waals surface area contributed by atoms with Crippen LogP contribution in [0.15, 0.2) is 0 Å². The second-order valence-corrected chi connectivity index (χ2v) is 7.26. The minimum absolute atomic E-state index is 0.126. The van der Waals surface area contributed by atoms with Gasteiger partial charge in [0, 0.05) is 12.3 Å². The van der Waals surface area contributed by atoms with E-state index in [9.17, 15) is 22.8 Å². The molecule has 0 heterocycles. The van der Waals surface area contributed by atoms with Gasteiger partial charge in [0.2, 0.25) is 0 Å². The Morgan fingerprint density at radius 2 is 1.75 bits per heavy atom. The number of esters is 1. The van der Waals surface area contributed by atoms with Crippen molar-refractivity contribution in [2.24, 2.45) is 0 Å². The standard InChI is InChI=1S/C15H26F3NO4S/c1-6-7-8-9-19(13(21)23-14(2,3)4)11(12(20)22-5)10-24-15(16,17)18/h11H,6-10H2,1-5H3/t11-/m0/s1. The van der Waals surface area contributed by atoms with Crippen LogP contribution in [-0.4, -0.2) is 53.5 Å². The number of hydrogen-bond acceptors (Lipinski definition) is 5. The lowest BCUT2D eigenvalue weighted by Gasteiger charge is -2.32. The molecule has 0 aliphatic carbocycles. The molecule has 0 aliphatic rings. The lowest BCUT2D eigenvalue weighted by molar-refractivity contribution is -0.146. The molecular formula is C15H26F3NO4S. The van der Waals surface area contributed by atoms with Gasteiger partial charge in [-0.25, -0.2) is 9.59 Å². The lowest BCUT2D eigenvalue weighted by atomic mass is 10.2. The van der Waals surface area contributed by atoms with Crippen molar-refractivity contribution in [3.05, 3.63) is 0 Å². The largest absolute Gasteiger partial charge is 0.467 e. The van der Waals surface area contributed by atoms with Gasteiger partial charge in [0.05, 0.1) is 7.11 Å². The summed E-state index contributed by atoms with van der Waals surface area (Å²) in [6, 6.07) is -1.35. The van der Waals surface area contributed by atoms with Crippen molar-refractivity contribution in [3.8, 4) is 0 Å². The third-order valence-electron chi connectivity index (χ3n) is 2.88. The van der Waals surface area contributed by atoms with Gasteiger partial charge in [-0.05, 0) is 39.0 Å². The number of amides is 1. The molecule has 0 saturated carbocycles. The quantitative estimate of drug-likeness (QED) is 0.471. The molecule has 1 amide bonds. The molecule has 5 nitrogen and oxygen atoms in total. The third kappa shape index (κ3) is 9.89. The second-order valence-electron chi connectivity index (χ2n) is 6.18. The molecule has 0 unspecified atom stereocenters. The molecule has 0 aromatic heterocycles. The number of carbonyl (C=O) groups is 2. The molecular weight excluding hydrogens is 347 g/mol. The van der Waals surface area contributed by atoms with Gasteiger partial charge >= 0.3 is 17.6 Å². The van der Waals surface area contributed by atoms with Crippen LogP contribution in [0, 0.1) is 0 Å². The number of alkyl halides is 3. The summed E-state index contributed by atoms with van der Waals surface area (Å²) in [5, 5.41) is 0. The SMILES string of the molecule is CCCCCN(C(=O)OC(C)(C)C)[C@@H](CSC(F)(F)F)C(=O)OC. The van der Waals surface area contributed by atoms with E-state index >= 15 is 0 Å². The van der Waals surface area contributed by atoms with Gasteiger partial charge in [0.15, 0.2) is 0 Å². The van der Waals surface area contributed by atoms with Crippen molar-refractivity contribution in [3.63, 3.8) is 0 Å². The number of unbranched alkanes of at least 4 members (excludes halogenated alkanes) is 2. The molecule has 24 heavy (non-hydrogen) atoms. The van der Waals surface area contributed by atoms with Crippen molar-refractivity contribution >= 4 is 23.8 Å². The Morgan fingerprint density at radius 1 is 1.17 bits per heavy atom. The highest BCUT2D eigenvalue weighted by Crippen LogP contribution is 2.32. The molecule has 0 bridgehead atoms. The monoisotopic (exact) mass is 373 g/mol. The Labute approximate surface area is 145 Å². The van der Waals surface area contributed by atoms with E-state index in [0.717, 1.165) is 24.9 Å². The van der Waals surface area contributed by atoms with E-state index in [4.69, 9.17) is 4.74 Å². The first-order valence-corrected chi connectivity index (χ1v) is 8.68. The molecule has 0 N–H and O–H groups in total. The highest BCUT2D eigenvalue weighted by molar-refractivity contribution is 8.00. The van der Waals surface area contributed by atoms with Crippen LogP contribution in [0.5, 0.6) is 0 Å². The normalized spacial score (nSPS) is 13.3. The number of rotatable bonds is 8. The number of halogens is 3. The molecule has 1 atom stereocenters. The maximum Gasteiger partial charge on any atom is 0.441 e. The number of methoxy groups -OCH3 is 1. The van der Waals surface area contributed by atoms with Crippen molar-refractivity contribution < 1.29 is 32.2 Å². The van der Waals surface area contributed by atoms with Gasteiger partial charge in [-0.15, -0.1) is 0 Å². The van der Waals surface area contributed by atoms with E-state index < -0.39 is 35.0 Å². The van der Waals surface area contributed by atoms with Crippen molar-refractivity contribution in [1.82, 2.24) is 4.90 Å². The summed E-state index contributed by atoms with van der Waals surface area (Å²) >= 11 is -0.362. The number of carbonyl (C=O) groups excluding carboxylic acids is 2. The van der Waals surface area contributed by atoms with Gasteiger partial charge in [0.25, 0.3) is 0 Å². The van der Waals surface area contributed by atoms with E-state index in [2.05, 4.69) is 4.74 Å². The summed E-state index contributed by atoms with van der Waals surface area (Å²) in [7, 11) is 1.08. The average molecular weight is 373 g/mol. The molecule has 0 aliphatic heterocycles. The highest BCUT2D eigenvalue weighted by atomic mass is 32.2. The van der Waals surface area contributed by atoms with Crippen LogP contribution < -0.4 is 0 Å². The third-order valence-corrected chi connectivity index (χ3v) is 3.69. The average Bonchev–Trinajstić information content (AvgIpc) is 2.42. The molecule has 9 heteroatoms. The second kappa shape index (κ2) is 10.0. The van der Waals surface area contributed by atoms with E-state index in [1.165, 1.54) is 0 Å². The van der Waals surface area contributed by atoms with Crippen molar-refractivity contribution in [2.75, 3.05) is 19.4 Å². The van der Waals surface area contributed by atoms with Crippen LogP contribution in [0.3, 0.4) is 0 Å². The smallest absolute Gasteiger partial charge is 0.441 e. The van der Waals surface area contributed by atoms with Crippen LogP contribution in [0.2, 0.25) is 0 Å². The summed E-state index contributed by atoms with van der Waals surface area (Å²) < 4.78 is 47.3. The zero-order valence-electron chi connectivity index (χ0n) is 14.7.